The topological polar surface area (TPSA) is 89.9 Å². The lowest BCUT2D eigenvalue weighted by Crippen LogP contribution is -2.39. The fraction of sp³-hybridized carbons (Fsp3) is 0.355. The SMILES string of the molecule is CCC/C=C(\c1cccc(F)c1C)c1nc(C(C)(O)CNC(=O)c2ccc(OCC)c(OC)c2)ccc1OC. The van der Waals surface area contributed by atoms with Crippen LogP contribution in [-0.2, 0) is 5.60 Å². The minimum atomic E-state index is -1.52. The Bertz CT molecular complexity index is 1340. The van der Waals surface area contributed by atoms with Crippen LogP contribution in [0.3, 0.4) is 0 Å². The Morgan fingerprint density at radius 3 is 2.46 bits per heavy atom. The average Bonchev–Trinajstić information content (AvgIpc) is 2.94. The summed E-state index contributed by atoms with van der Waals surface area (Å²) in [5, 5.41) is 14.1. The summed E-state index contributed by atoms with van der Waals surface area (Å²) in [6, 6.07) is 13.2. The van der Waals surface area contributed by atoms with Crippen molar-refractivity contribution in [2.45, 2.75) is 46.1 Å². The van der Waals surface area contributed by atoms with Gasteiger partial charge >= 0.3 is 0 Å². The maximum atomic E-state index is 14.5. The van der Waals surface area contributed by atoms with E-state index in [2.05, 4.69) is 12.2 Å². The summed E-state index contributed by atoms with van der Waals surface area (Å²) in [5.41, 5.74) is 1.58. The third-order valence-electron chi connectivity index (χ3n) is 6.40. The molecule has 0 bridgehead atoms. The van der Waals surface area contributed by atoms with E-state index < -0.39 is 5.60 Å². The summed E-state index contributed by atoms with van der Waals surface area (Å²) in [4.78, 5) is 17.7. The number of rotatable bonds is 12. The van der Waals surface area contributed by atoms with E-state index >= 15 is 0 Å². The number of nitrogens with zero attached hydrogens (tertiary/aromatic N) is 1. The number of hydrogen-bond donors (Lipinski definition) is 2. The highest BCUT2D eigenvalue weighted by molar-refractivity contribution is 5.95. The lowest BCUT2D eigenvalue weighted by Gasteiger charge is -2.25. The Kier molecular flexibility index (Phi) is 10.1. The van der Waals surface area contributed by atoms with E-state index in [1.807, 2.05) is 19.1 Å². The van der Waals surface area contributed by atoms with Crippen molar-refractivity contribution >= 4 is 11.5 Å². The summed E-state index contributed by atoms with van der Waals surface area (Å²) >= 11 is 0. The maximum absolute atomic E-state index is 14.5. The second kappa shape index (κ2) is 13.2. The van der Waals surface area contributed by atoms with Crippen LogP contribution in [0.15, 0.2) is 54.6 Å². The van der Waals surface area contributed by atoms with E-state index in [9.17, 15) is 14.3 Å². The molecule has 0 saturated carbocycles. The first-order chi connectivity index (χ1) is 18.7. The van der Waals surface area contributed by atoms with E-state index in [-0.39, 0.29) is 18.3 Å². The third kappa shape index (κ3) is 6.95. The summed E-state index contributed by atoms with van der Waals surface area (Å²) < 4.78 is 30.9. The molecule has 3 rings (SSSR count). The molecule has 0 aliphatic carbocycles. The first-order valence-electron chi connectivity index (χ1n) is 13.0. The summed E-state index contributed by atoms with van der Waals surface area (Å²) in [6.07, 6.45) is 3.64. The summed E-state index contributed by atoms with van der Waals surface area (Å²) in [7, 11) is 3.05. The highest BCUT2D eigenvalue weighted by Crippen LogP contribution is 2.34. The second-order valence-electron chi connectivity index (χ2n) is 9.32. The minimum absolute atomic E-state index is 0.104. The zero-order chi connectivity index (χ0) is 28.6. The molecule has 8 heteroatoms. The molecule has 0 radical (unpaired) electrons. The zero-order valence-electron chi connectivity index (χ0n) is 23.4. The van der Waals surface area contributed by atoms with Gasteiger partial charge in [-0.2, -0.15) is 0 Å². The van der Waals surface area contributed by atoms with Gasteiger partial charge in [-0.15, -0.1) is 0 Å². The van der Waals surface area contributed by atoms with Crippen LogP contribution in [0.25, 0.3) is 5.57 Å². The van der Waals surface area contributed by atoms with E-state index in [1.54, 1.807) is 57.4 Å². The fourth-order valence-corrected chi connectivity index (χ4v) is 4.15. The first-order valence-corrected chi connectivity index (χ1v) is 13.0. The Hall–Kier alpha value is -3.91. The van der Waals surface area contributed by atoms with Crippen LogP contribution < -0.4 is 19.5 Å². The zero-order valence-corrected chi connectivity index (χ0v) is 23.4. The maximum Gasteiger partial charge on any atom is 0.251 e. The van der Waals surface area contributed by atoms with Crippen LogP contribution in [0.1, 0.15) is 66.5 Å². The van der Waals surface area contributed by atoms with E-state index in [0.29, 0.717) is 57.5 Å². The molecule has 0 saturated heterocycles. The van der Waals surface area contributed by atoms with Gasteiger partial charge in [0.2, 0.25) is 0 Å². The molecule has 1 heterocycles. The molecule has 0 aliphatic rings. The summed E-state index contributed by atoms with van der Waals surface area (Å²) in [5.74, 6) is 0.775. The molecule has 7 nitrogen and oxygen atoms in total. The normalized spacial score (nSPS) is 13.0. The van der Waals surface area contributed by atoms with Crippen molar-refractivity contribution in [2.24, 2.45) is 0 Å². The molecule has 1 unspecified atom stereocenters. The first kappa shape index (κ1) is 29.6. The van der Waals surface area contributed by atoms with E-state index in [0.717, 1.165) is 12.8 Å². The number of methoxy groups -OCH3 is 2. The standard InChI is InChI=1S/C31H37FN2O5/c1-7-9-11-23(22-12-10-13-24(32)20(22)3)29-26(37-5)16-17-28(34-29)31(4,36)19-33-30(35)21-14-15-25(39-8-2)27(18-21)38-6/h10-18,36H,7-9,19H2,1-6H3,(H,33,35)/b23-11+. The molecule has 39 heavy (non-hydrogen) atoms. The van der Waals surface area contributed by atoms with Crippen LogP contribution in [0.4, 0.5) is 4.39 Å². The Morgan fingerprint density at radius 2 is 1.79 bits per heavy atom. The molecular formula is C31H37FN2O5. The smallest absolute Gasteiger partial charge is 0.251 e. The van der Waals surface area contributed by atoms with Gasteiger partial charge in [0.1, 0.15) is 22.9 Å². The molecule has 0 fully saturated rings. The number of ether oxygens (including phenoxy) is 3. The number of aromatic nitrogens is 1. The van der Waals surface area contributed by atoms with Crippen molar-refractivity contribution in [3.8, 4) is 17.2 Å². The number of halogens is 1. The lowest BCUT2D eigenvalue weighted by molar-refractivity contribution is 0.0488. The lowest BCUT2D eigenvalue weighted by atomic mass is 9.94. The number of allylic oxidation sites excluding steroid dienone is 1. The van der Waals surface area contributed by atoms with Gasteiger partial charge in [0.05, 0.1) is 33.1 Å². The Labute approximate surface area is 229 Å². The largest absolute Gasteiger partial charge is 0.494 e. The molecule has 1 amide bonds. The average molecular weight is 537 g/mol. The van der Waals surface area contributed by atoms with Crippen LogP contribution in [-0.4, -0.2) is 43.4 Å². The predicted molar refractivity (Wildman–Crippen MR) is 150 cm³/mol. The second-order valence-corrected chi connectivity index (χ2v) is 9.32. The van der Waals surface area contributed by atoms with Crippen molar-refractivity contribution in [1.29, 1.82) is 0 Å². The quantitative estimate of drug-likeness (QED) is 0.304. The van der Waals surface area contributed by atoms with Crippen molar-refractivity contribution in [3.05, 3.63) is 88.5 Å². The Morgan fingerprint density at radius 1 is 1.08 bits per heavy atom. The van der Waals surface area contributed by atoms with Crippen LogP contribution >= 0.6 is 0 Å². The molecule has 1 aromatic heterocycles. The van der Waals surface area contributed by atoms with Gasteiger partial charge in [0, 0.05) is 11.1 Å². The number of carbonyl (C=O) groups is 1. The molecule has 1 atom stereocenters. The number of nitrogens with one attached hydrogen (secondary N) is 1. The Balaban J connectivity index is 1.93. The molecule has 2 N–H and O–H groups in total. The number of amides is 1. The monoisotopic (exact) mass is 536 g/mol. The fourth-order valence-electron chi connectivity index (χ4n) is 4.15. The predicted octanol–water partition coefficient (Wildman–Crippen LogP) is 5.81. The molecule has 0 aliphatic heterocycles. The number of carbonyl (C=O) groups excluding carboxylic acids is 1. The molecule has 2 aromatic carbocycles. The van der Waals surface area contributed by atoms with Crippen LogP contribution in [0.2, 0.25) is 0 Å². The van der Waals surface area contributed by atoms with Gasteiger partial charge in [-0.25, -0.2) is 9.37 Å². The van der Waals surface area contributed by atoms with Crippen molar-refractivity contribution in [1.82, 2.24) is 10.3 Å². The summed E-state index contributed by atoms with van der Waals surface area (Å²) in [6.45, 7) is 7.59. The molecular weight excluding hydrogens is 499 g/mol. The number of benzene rings is 2. The third-order valence-corrected chi connectivity index (χ3v) is 6.40. The van der Waals surface area contributed by atoms with Gasteiger partial charge < -0.3 is 24.6 Å². The number of pyridine rings is 1. The van der Waals surface area contributed by atoms with Gasteiger partial charge in [0.15, 0.2) is 11.5 Å². The van der Waals surface area contributed by atoms with Gasteiger partial charge in [-0.05, 0) is 74.7 Å². The van der Waals surface area contributed by atoms with E-state index in [1.165, 1.54) is 13.2 Å². The van der Waals surface area contributed by atoms with Crippen LogP contribution in [0.5, 0.6) is 17.2 Å². The van der Waals surface area contributed by atoms with Gasteiger partial charge in [-0.3, -0.25) is 4.79 Å². The van der Waals surface area contributed by atoms with Crippen molar-refractivity contribution in [2.75, 3.05) is 27.4 Å². The van der Waals surface area contributed by atoms with E-state index in [4.69, 9.17) is 19.2 Å². The minimum Gasteiger partial charge on any atom is -0.494 e. The number of aliphatic hydroxyl groups is 1. The highest BCUT2D eigenvalue weighted by Gasteiger charge is 2.28. The highest BCUT2D eigenvalue weighted by atomic mass is 19.1. The molecule has 208 valence electrons. The van der Waals surface area contributed by atoms with Gasteiger partial charge in [-0.1, -0.05) is 31.6 Å². The van der Waals surface area contributed by atoms with Crippen molar-refractivity contribution < 1.29 is 28.5 Å². The molecule has 0 spiro atoms. The number of hydrogen-bond acceptors (Lipinski definition) is 6. The van der Waals surface area contributed by atoms with Crippen LogP contribution in [0, 0.1) is 12.7 Å². The van der Waals surface area contributed by atoms with Crippen molar-refractivity contribution in [3.63, 3.8) is 0 Å². The van der Waals surface area contributed by atoms with Gasteiger partial charge in [0.25, 0.3) is 5.91 Å². The number of unbranched alkanes of at least 4 members (excludes halogenated alkanes) is 1. The molecule has 3 aromatic rings.